The molecule has 0 saturated carbocycles. The van der Waals surface area contributed by atoms with Gasteiger partial charge in [0.25, 0.3) is 11.8 Å². The second-order valence-electron chi connectivity index (χ2n) is 6.92. The molecule has 1 unspecified atom stereocenters. The number of benzene rings is 2. The first-order valence-corrected chi connectivity index (χ1v) is 9.12. The van der Waals surface area contributed by atoms with E-state index in [-0.39, 0.29) is 11.8 Å². The molecule has 6 nitrogen and oxygen atoms in total. The van der Waals surface area contributed by atoms with Crippen LogP contribution in [-0.4, -0.2) is 23.4 Å². The molecular formula is C20H18ClN3O3. The lowest BCUT2D eigenvalue weighted by atomic mass is 9.77. The molecule has 2 aromatic rings. The molecule has 1 atom stereocenters. The third kappa shape index (κ3) is 3.28. The van der Waals surface area contributed by atoms with Crippen LogP contribution in [0.15, 0.2) is 42.5 Å². The fourth-order valence-electron chi connectivity index (χ4n) is 3.68. The number of halogens is 1. The van der Waals surface area contributed by atoms with Crippen LogP contribution in [0.1, 0.15) is 33.5 Å². The Hall–Kier alpha value is -2.86. The number of hydrogen-bond acceptors (Lipinski definition) is 3. The fourth-order valence-corrected chi connectivity index (χ4v) is 3.88. The molecule has 4 rings (SSSR count). The van der Waals surface area contributed by atoms with E-state index in [9.17, 15) is 14.4 Å². The number of nitrogens with one attached hydrogen (secondary N) is 3. The van der Waals surface area contributed by atoms with Crippen molar-refractivity contribution in [1.82, 2.24) is 16.0 Å². The number of hydrogen-bond donors (Lipinski definition) is 3. The van der Waals surface area contributed by atoms with Gasteiger partial charge >= 0.3 is 6.03 Å². The highest BCUT2D eigenvalue weighted by molar-refractivity contribution is 6.31. The molecular weight excluding hydrogens is 366 g/mol. The van der Waals surface area contributed by atoms with Crippen molar-refractivity contribution in [3.63, 3.8) is 0 Å². The van der Waals surface area contributed by atoms with E-state index in [1.165, 1.54) is 0 Å². The van der Waals surface area contributed by atoms with Crippen LogP contribution < -0.4 is 16.0 Å². The maximum Gasteiger partial charge on any atom is 0.322 e. The molecule has 4 amide bonds. The monoisotopic (exact) mass is 383 g/mol. The number of aryl methyl sites for hydroxylation is 1. The molecule has 1 aliphatic carbocycles. The van der Waals surface area contributed by atoms with E-state index < -0.39 is 11.6 Å². The molecule has 138 valence electrons. The van der Waals surface area contributed by atoms with Crippen LogP contribution in [0.3, 0.4) is 0 Å². The summed E-state index contributed by atoms with van der Waals surface area (Å²) >= 11 is 6.12. The highest BCUT2D eigenvalue weighted by Crippen LogP contribution is 2.31. The fraction of sp³-hybridized carbons (Fsp3) is 0.250. The van der Waals surface area contributed by atoms with Gasteiger partial charge in [-0.1, -0.05) is 35.9 Å². The minimum atomic E-state index is -0.863. The van der Waals surface area contributed by atoms with Crippen LogP contribution >= 0.6 is 11.6 Å². The molecule has 0 bridgehead atoms. The van der Waals surface area contributed by atoms with E-state index >= 15 is 0 Å². The smallest absolute Gasteiger partial charge is 0.322 e. The van der Waals surface area contributed by atoms with Gasteiger partial charge in [-0.2, -0.15) is 0 Å². The minimum Gasteiger partial charge on any atom is -0.348 e. The van der Waals surface area contributed by atoms with Crippen LogP contribution in [0, 0.1) is 0 Å². The van der Waals surface area contributed by atoms with Gasteiger partial charge in [-0.25, -0.2) is 4.79 Å². The molecule has 2 aromatic carbocycles. The number of carbonyl (C=O) groups is 3. The van der Waals surface area contributed by atoms with Crippen molar-refractivity contribution in [3.05, 3.63) is 69.7 Å². The average molecular weight is 384 g/mol. The summed E-state index contributed by atoms with van der Waals surface area (Å²) < 4.78 is 0. The van der Waals surface area contributed by atoms with Gasteiger partial charge in [0.1, 0.15) is 5.54 Å². The molecule has 0 radical (unpaired) electrons. The van der Waals surface area contributed by atoms with Crippen molar-refractivity contribution >= 4 is 29.4 Å². The van der Waals surface area contributed by atoms with Gasteiger partial charge in [0.15, 0.2) is 0 Å². The molecule has 1 saturated heterocycles. The van der Waals surface area contributed by atoms with Gasteiger partial charge in [0.05, 0.1) is 0 Å². The van der Waals surface area contributed by atoms with Crippen molar-refractivity contribution < 1.29 is 14.4 Å². The van der Waals surface area contributed by atoms with Gasteiger partial charge in [0.2, 0.25) is 0 Å². The maximum absolute atomic E-state index is 12.5. The Morgan fingerprint density at radius 1 is 1.15 bits per heavy atom. The predicted molar refractivity (Wildman–Crippen MR) is 100 cm³/mol. The van der Waals surface area contributed by atoms with Gasteiger partial charge in [0, 0.05) is 23.6 Å². The van der Waals surface area contributed by atoms with Gasteiger partial charge in [-0.3, -0.25) is 14.9 Å². The Bertz CT molecular complexity index is 959. The van der Waals surface area contributed by atoms with Crippen LogP contribution in [0.25, 0.3) is 0 Å². The Morgan fingerprint density at radius 3 is 2.70 bits per heavy atom. The molecule has 3 N–H and O–H groups in total. The predicted octanol–water partition coefficient (Wildman–Crippen LogP) is 2.34. The summed E-state index contributed by atoms with van der Waals surface area (Å²) in [6.45, 7) is 0.352. The lowest BCUT2D eigenvalue weighted by molar-refractivity contribution is -0.124. The summed E-state index contributed by atoms with van der Waals surface area (Å²) in [5.41, 5.74) is 2.56. The average Bonchev–Trinajstić information content (AvgIpc) is 2.93. The number of fused-ring (bicyclic) bond motifs is 1. The van der Waals surface area contributed by atoms with Crippen molar-refractivity contribution in [3.8, 4) is 0 Å². The zero-order valence-corrected chi connectivity index (χ0v) is 15.2. The summed E-state index contributed by atoms with van der Waals surface area (Å²) in [6.07, 6.45) is 1.57. The van der Waals surface area contributed by atoms with Crippen LogP contribution in [0.4, 0.5) is 4.79 Å². The van der Waals surface area contributed by atoms with E-state index in [0.717, 1.165) is 16.7 Å². The summed E-state index contributed by atoms with van der Waals surface area (Å²) in [7, 11) is 0. The molecule has 1 fully saturated rings. The first kappa shape index (κ1) is 17.5. The Balaban J connectivity index is 1.48. The number of amides is 4. The molecule has 1 heterocycles. The topological polar surface area (TPSA) is 87.3 Å². The normalized spacial score (nSPS) is 20.8. The molecule has 0 aromatic heterocycles. The Morgan fingerprint density at radius 2 is 1.96 bits per heavy atom. The lowest BCUT2D eigenvalue weighted by Gasteiger charge is -2.32. The Kier molecular flexibility index (Phi) is 4.36. The van der Waals surface area contributed by atoms with Crippen molar-refractivity contribution in [2.75, 3.05) is 0 Å². The Labute approximate surface area is 161 Å². The standard InChI is InChI=1S/C20H18ClN3O3/c21-16-4-2-1-3-15(16)11-22-17(25)13-5-6-14-10-20(8-7-12(14)9-13)18(26)23-19(27)24-20/h1-6,9H,7-8,10-11H2,(H,22,25)(H2,23,24,26,27). The molecule has 2 aliphatic rings. The van der Waals surface area contributed by atoms with Gasteiger partial charge in [-0.05, 0) is 47.7 Å². The first-order chi connectivity index (χ1) is 13.0. The molecule has 7 heteroatoms. The number of rotatable bonds is 3. The third-order valence-corrected chi connectivity index (χ3v) is 5.56. The lowest BCUT2D eigenvalue weighted by Crippen LogP contribution is -2.51. The zero-order valence-electron chi connectivity index (χ0n) is 14.5. The molecule has 1 aliphatic heterocycles. The van der Waals surface area contributed by atoms with Gasteiger partial charge in [-0.15, -0.1) is 0 Å². The second-order valence-corrected chi connectivity index (χ2v) is 7.33. The molecule has 1 spiro atoms. The van der Waals surface area contributed by atoms with Gasteiger partial charge < -0.3 is 10.6 Å². The summed E-state index contributed by atoms with van der Waals surface area (Å²) in [6, 6.07) is 12.4. The highest BCUT2D eigenvalue weighted by Gasteiger charge is 2.47. The number of imide groups is 1. The quantitative estimate of drug-likeness (QED) is 0.711. The first-order valence-electron chi connectivity index (χ1n) is 8.74. The zero-order chi connectivity index (χ0) is 19.0. The van der Waals surface area contributed by atoms with E-state index in [0.29, 0.717) is 36.4 Å². The summed E-state index contributed by atoms with van der Waals surface area (Å²) in [5, 5.41) is 8.56. The summed E-state index contributed by atoms with van der Waals surface area (Å²) in [5.74, 6) is -0.454. The van der Waals surface area contributed by atoms with Crippen LogP contribution in [0.2, 0.25) is 5.02 Å². The largest absolute Gasteiger partial charge is 0.348 e. The van der Waals surface area contributed by atoms with E-state index in [2.05, 4.69) is 16.0 Å². The van der Waals surface area contributed by atoms with Crippen molar-refractivity contribution in [2.24, 2.45) is 0 Å². The summed E-state index contributed by atoms with van der Waals surface area (Å²) in [4.78, 5) is 36.1. The van der Waals surface area contributed by atoms with E-state index in [1.807, 2.05) is 30.3 Å². The third-order valence-electron chi connectivity index (χ3n) is 5.19. The van der Waals surface area contributed by atoms with Crippen LogP contribution in [-0.2, 0) is 24.2 Å². The second kappa shape index (κ2) is 6.70. The number of urea groups is 1. The molecule has 27 heavy (non-hydrogen) atoms. The number of carbonyl (C=O) groups excluding carboxylic acids is 3. The SMILES string of the molecule is O=C1NC(=O)C2(CCc3cc(C(=O)NCc4ccccc4Cl)ccc3C2)N1. The van der Waals surface area contributed by atoms with E-state index in [1.54, 1.807) is 12.1 Å². The van der Waals surface area contributed by atoms with Crippen molar-refractivity contribution in [2.45, 2.75) is 31.3 Å². The van der Waals surface area contributed by atoms with Crippen molar-refractivity contribution in [1.29, 1.82) is 0 Å². The minimum absolute atomic E-state index is 0.176. The van der Waals surface area contributed by atoms with Crippen LogP contribution in [0.5, 0.6) is 0 Å². The maximum atomic E-state index is 12.5. The van der Waals surface area contributed by atoms with E-state index in [4.69, 9.17) is 11.6 Å². The highest BCUT2D eigenvalue weighted by atomic mass is 35.5.